The maximum Gasteiger partial charge on any atom is 0.240 e. The summed E-state index contributed by atoms with van der Waals surface area (Å²) in [6.07, 6.45) is 5.20. The predicted molar refractivity (Wildman–Crippen MR) is 106 cm³/mol. The Morgan fingerprint density at radius 1 is 1.38 bits per heavy atom. The van der Waals surface area contributed by atoms with Gasteiger partial charge in [0.05, 0.1) is 23.4 Å². The molecule has 1 fully saturated rings. The first-order valence-corrected chi connectivity index (χ1v) is 10.6. The molecule has 3 heterocycles. The molecular formula is C18H21N7O3S. The largest absolute Gasteiger partial charge is 0.381 e. The molecular weight excluding hydrogens is 394 g/mol. The van der Waals surface area contributed by atoms with Crippen LogP contribution in [0.3, 0.4) is 0 Å². The Balaban J connectivity index is 1.66. The second-order valence-corrected chi connectivity index (χ2v) is 8.63. The minimum Gasteiger partial charge on any atom is -0.381 e. The fourth-order valence-corrected chi connectivity index (χ4v) is 4.25. The number of nitrogen functional groups attached to an aromatic ring is 1. The summed E-state index contributed by atoms with van der Waals surface area (Å²) in [4.78, 5) is 12.8. The average Bonchev–Trinajstić information content (AvgIpc) is 3.41. The molecule has 3 aromatic rings. The Labute approximate surface area is 168 Å². The smallest absolute Gasteiger partial charge is 0.240 e. The van der Waals surface area contributed by atoms with Crippen LogP contribution in [0.25, 0.3) is 17.1 Å². The van der Waals surface area contributed by atoms with Crippen LogP contribution in [0.1, 0.15) is 12.0 Å². The van der Waals surface area contributed by atoms with Crippen molar-refractivity contribution in [2.45, 2.75) is 18.2 Å². The van der Waals surface area contributed by atoms with Crippen LogP contribution in [-0.4, -0.2) is 52.9 Å². The van der Waals surface area contributed by atoms with E-state index < -0.39 is 10.0 Å². The molecule has 152 valence electrons. The number of anilines is 1. The minimum absolute atomic E-state index is 0.165. The lowest BCUT2D eigenvalue weighted by atomic mass is 10.1. The second kappa shape index (κ2) is 7.85. The standard InChI is InChI=1S/C18H21N7O3S/c1-12-2-3-14(29(26,27)23-7-13-4-5-28-9-13)6-15(12)16-8-21-17(19)18(24-16)25-11-20-10-22-25/h2-3,6,8,10-11,13,23H,4-5,7,9H2,1H3,(H2,19,21)/t13-/m0/s1. The van der Waals surface area contributed by atoms with Crippen molar-refractivity contribution in [1.29, 1.82) is 0 Å². The number of nitrogens with one attached hydrogen (secondary N) is 1. The Morgan fingerprint density at radius 3 is 2.97 bits per heavy atom. The average molecular weight is 415 g/mol. The van der Waals surface area contributed by atoms with E-state index >= 15 is 0 Å². The number of hydrogen-bond donors (Lipinski definition) is 2. The summed E-state index contributed by atoms with van der Waals surface area (Å²) in [5.41, 5.74) is 7.91. The van der Waals surface area contributed by atoms with E-state index in [-0.39, 0.29) is 16.6 Å². The van der Waals surface area contributed by atoms with Gasteiger partial charge >= 0.3 is 0 Å². The molecule has 2 aromatic heterocycles. The van der Waals surface area contributed by atoms with Gasteiger partial charge in [-0.3, -0.25) is 0 Å². The maximum atomic E-state index is 12.8. The molecule has 1 atom stereocenters. The van der Waals surface area contributed by atoms with E-state index in [0.717, 1.165) is 12.0 Å². The number of aryl methyl sites for hydroxylation is 1. The van der Waals surface area contributed by atoms with Crippen LogP contribution in [0.15, 0.2) is 41.9 Å². The topological polar surface area (TPSA) is 138 Å². The number of benzene rings is 1. The lowest BCUT2D eigenvalue weighted by Gasteiger charge is -2.13. The predicted octanol–water partition coefficient (Wildman–Crippen LogP) is 0.930. The highest BCUT2D eigenvalue weighted by atomic mass is 32.2. The van der Waals surface area contributed by atoms with E-state index in [1.165, 1.54) is 23.5 Å². The zero-order chi connectivity index (χ0) is 20.4. The van der Waals surface area contributed by atoms with Crippen LogP contribution < -0.4 is 10.5 Å². The van der Waals surface area contributed by atoms with Crippen molar-refractivity contribution in [3.05, 3.63) is 42.6 Å². The summed E-state index contributed by atoms with van der Waals surface area (Å²) in [5.74, 6) is 0.719. The van der Waals surface area contributed by atoms with Crippen LogP contribution in [0, 0.1) is 12.8 Å². The highest BCUT2D eigenvalue weighted by Crippen LogP contribution is 2.26. The van der Waals surface area contributed by atoms with E-state index in [4.69, 9.17) is 10.5 Å². The van der Waals surface area contributed by atoms with Gasteiger partial charge in [-0.1, -0.05) is 6.07 Å². The van der Waals surface area contributed by atoms with Crippen LogP contribution in [-0.2, 0) is 14.8 Å². The molecule has 0 spiro atoms. The Morgan fingerprint density at radius 2 is 2.24 bits per heavy atom. The molecule has 3 N–H and O–H groups in total. The molecule has 0 aliphatic carbocycles. The van der Waals surface area contributed by atoms with Gasteiger partial charge in [-0.2, -0.15) is 9.78 Å². The van der Waals surface area contributed by atoms with Crippen molar-refractivity contribution in [3.63, 3.8) is 0 Å². The van der Waals surface area contributed by atoms with Crippen molar-refractivity contribution >= 4 is 15.8 Å². The van der Waals surface area contributed by atoms with Crippen LogP contribution in [0.5, 0.6) is 0 Å². The van der Waals surface area contributed by atoms with Gasteiger partial charge in [0.2, 0.25) is 10.0 Å². The Bertz CT molecular complexity index is 1110. The summed E-state index contributed by atoms with van der Waals surface area (Å²) >= 11 is 0. The minimum atomic E-state index is -3.66. The number of ether oxygens (including phenoxy) is 1. The Hall–Kier alpha value is -2.89. The van der Waals surface area contributed by atoms with Crippen molar-refractivity contribution in [2.24, 2.45) is 5.92 Å². The molecule has 1 aliphatic rings. The van der Waals surface area contributed by atoms with Crippen molar-refractivity contribution < 1.29 is 13.2 Å². The van der Waals surface area contributed by atoms with Crippen LogP contribution in [0.4, 0.5) is 5.82 Å². The summed E-state index contributed by atoms with van der Waals surface area (Å²) in [6, 6.07) is 4.92. The third-order valence-electron chi connectivity index (χ3n) is 4.80. The van der Waals surface area contributed by atoms with Crippen molar-refractivity contribution in [1.82, 2.24) is 29.5 Å². The Kier molecular flexibility index (Phi) is 5.26. The quantitative estimate of drug-likeness (QED) is 0.606. The monoisotopic (exact) mass is 415 g/mol. The number of nitrogens with two attached hydrogens (primary N) is 1. The van der Waals surface area contributed by atoms with Gasteiger partial charge in [-0.05, 0) is 37.0 Å². The normalized spacial score (nSPS) is 16.9. The first-order chi connectivity index (χ1) is 13.9. The molecule has 10 nitrogen and oxygen atoms in total. The summed E-state index contributed by atoms with van der Waals surface area (Å²) in [5, 5.41) is 4.03. The van der Waals surface area contributed by atoms with Crippen molar-refractivity contribution in [2.75, 3.05) is 25.5 Å². The molecule has 0 radical (unpaired) electrons. The van der Waals surface area contributed by atoms with Gasteiger partial charge in [-0.25, -0.2) is 28.1 Å². The molecule has 1 aliphatic heterocycles. The fraction of sp³-hybridized carbons (Fsp3) is 0.333. The van der Waals surface area contributed by atoms with Crippen LogP contribution in [0.2, 0.25) is 0 Å². The SMILES string of the molecule is Cc1ccc(S(=O)(=O)NC[C@@H]2CCOC2)cc1-c1cnc(N)c(-n2cncn2)n1. The zero-order valence-corrected chi connectivity index (χ0v) is 16.6. The van der Waals surface area contributed by atoms with E-state index in [1.807, 2.05) is 6.92 Å². The fourth-order valence-electron chi connectivity index (χ4n) is 3.10. The third kappa shape index (κ3) is 4.11. The molecule has 0 amide bonds. The van der Waals surface area contributed by atoms with Gasteiger partial charge in [0.1, 0.15) is 12.7 Å². The lowest BCUT2D eigenvalue weighted by Crippen LogP contribution is -2.29. The van der Waals surface area contributed by atoms with Crippen LogP contribution >= 0.6 is 0 Å². The zero-order valence-electron chi connectivity index (χ0n) is 15.8. The number of rotatable bonds is 6. The summed E-state index contributed by atoms with van der Waals surface area (Å²) in [6.45, 7) is 3.48. The van der Waals surface area contributed by atoms with Gasteiger partial charge in [0, 0.05) is 18.7 Å². The van der Waals surface area contributed by atoms with E-state index in [9.17, 15) is 8.42 Å². The number of nitrogens with zero attached hydrogens (tertiary/aromatic N) is 5. The summed E-state index contributed by atoms with van der Waals surface area (Å²) in [7, 11) is -3.66. The van der Waals surface area contributed by atoms with E-state index in [0.29, 0.717) is 36.8 Å². The first kappa shape index (κ1) is 19.4. The number of sulfonamides is 1. The molecule has 1 saturated heterocycles. The maximum absolute atomic E-state index is 12.8. The highest BCUT2D eigenvalue weighted by molar-refractivity contribution is 7.89. The second-order valence-electron chi connectivity index (χ2n) is 6.86. The van der Waals surface area contributed by atoms with Gasteiger partial charge in [-0.15, -0.1) is 0 Å². The summed E-state index contributed by atoms with van der Waals surface area (Å²) < 4.78 is 34.9. The third-order valence-corrected chi connectivity index (χ3v) is 6.22. The number of aromatic nitrogens is 5. The molecule has 0 bridgehead atoms. The van der Waals surface area contributed by atoms with Gasteiger partial charge in [0.15, 0.2) is 11.6 Å². The molecule has 0 unspecified atom stereocenters. The molecule has 29 heavy (non-hydrogen) atoms. The van der Waals surface area contributed by atoms with Gasteiger partial charge < -0.3 is 10.5 Å². The first-order valence-electron chi connectivity index (χ1n) is 9.10. The van der Waals surface area contributed by atoms with E-state index in [2.05, 4.69) is 24.8 Å². The lowest BCUT2D eigenvalue weighted by molar-refractivity contribution is 0.186. The highest BCUT2D eigenvalue weighted by Gasteiger charge is 2.21. The molecule has 1 aromatic carbocycles. The van der Waals surface area contributed by atoms with E-state index in [1.54, 1.807) is 18.2 Å². The van der Waals surface area contributed by atoms with Crippen molar-refractivity contribution in [3.8, 4) is 17.1 Å². The molecule has 11 heteroatoms. The van der Waals surface area contributed by atoms with Gasteiger partial charge in [0.25, 0.3) is 0 Å². The molecule has 0 saturated carbocycles. The molecule has 4 rings (SSSR count). The number of hydrogen-bond acceptors (Lipinski definition) is 8.